The predicted octanol–water partition coefficient (Wildman–Crippen LogP) is 5.25. The molecular weight excluding hydrogens is 466 g/mol. The first kappa shape index (κ1) is 22.2. The second-order valence-corrected chi connectivity index (χ2v) is 8.10. The summed E-state index contributed by atoms with van der Waals surface area (Å²) in [6.45, 7) is 0.312. The minimum absolute atomic E-state index is 0.125. The number of benzene rings is 3. The lowest BCUT2D eigenvalue weighted by atomic mass is 10.0. The quantitative estimate of drug-likeness (QED) is 0.240. The number of rotatable bonds is 7. The van der Waals surface area contributed by atoms with Crippen molar-refractivity contribution in [3.63, 3.8) is 0 Å². The normalized spacial score (nSPS) is 11.2. The lowest BCUT2D eigenvalue weighted by Crippen LogP contribution is -1.98. The zero-order chi connectivity index (χ0) is 24.2. The standard InChI is InChI=1S/C26H18ClN5O3/c27-19-7-4-17-5-8-20(28-23(17)14-19)15-35-21-9-1-16(2-10-21)3-11-24(33)22-13-18(6-12-25(22)34)26-29-31-32-30-26/h1-14,34H,15H2,(H,29,30,31,32). The number of H-pyrrole nitrogens is 1. The summed E-state index contributed by atoms with van der Waals surface area (Å²) in [5, 5.41) is 25.4. The number of allylic oxidation sites excluding steroid dienone is 1. The number of halogens is 1. The van der Waals surface area contributed by atoms with E-state index in [4.69, 9.17) is 16.3 Å². The third kappa shape index (κ3) is 5.18. The maximum atomic E-state index is 12.7. The Kier molecular flexibility index (Phi) is 6.19. The first-order valence-electron chi connectivity index (χ1n) is 10.6. The van der Waals surface area contributed by atoms with E-state index in [1.807, 2.05) is 54.6 Å². The van der Waals surface area contributed by atoms with Gasteiger partial charge in [-0.1, -0.05) is 41.9 Å². The Hall–Kier alpha value is -4.56. The molecule has 172 valence electrons. The van der Waals surface area contributed by atoms with Gasteiger partial charge in [0.15, 0.2) is 5.78 Å². The van der Waals surface area contributed by atoms with Crippen molar-refractivity contribution in [2.45, 2.75) is 6.61 Å². The molecule has 2 aromatic heterocycles. The molecule has 0 spiro atoms. The lowest BCUT2D eigenvalue weighted by molar-refractivity contribution is 0.104. The predicted molar refractivity (Wildman–Crippen MR) is 132 cm³/mol. The highest BCUT2D eigenvalue weighted by Gasteiger charge is 2.12. The largest absolute Gasteiger partial charge is 0.507 e. The number of carbonyl (C=O) groups is 1. The number of hydrogen-bond acceptors (Lipinski definition) is 7. The molecular formula is C26H18ClN5O3. The van der Waals surface area contributed by atoms with Crippen LogP contribution < -0.4 is 4.74 Å². The van der Waals surface area contributed by atoms with E-state index in [-0.39, 0.29) is 17.1 Å². The molecule has 5 aromatic rings. The third-order valence-electron chi connectivity index (χ3n) is 5.27. The van der Waals surface area contributed by atoms with Crippen molar-refractivity contribution in [3.05, 3.63) is 101 Å². The molecule has 0 saturated carbocycles. The molecule has 8 nitrogen and oxygen atoms in total. The van der Waals surface area contributed by atoms with Crippen molar-refractivity contribution in [2.75, 3.05) is 0 Å². The minimum atomic E-state index is -0.351. The van der Waals surface area contributed by atoms with Crippen LogP contribution in [0.25, 0.3) is 28.4 Å². The summed E-state index contributed by atoms with van der Waals surface area (Å²) in [6, 6.07) is 21.4. The molecule has 2 N–H and O–H groups in total. The fourth-order valence-corrected chi connectivity index (χ4v) is 3.63. The van der Waals surface area contributed by atoms with E-state index in [1.54, 1.807) is 12.1 Å². The number of nitrogens with zero attached hydrogens (tertiary/aromatic N) is 4. The van der Waals surface area contributed by atoms with E-state index < -0.39 is 0 Å². The van der Waals surface area contributed by atoms with Crippen LogP contribution in [0.2, 0.25) is 5.02 Å². The van der Waals surface area contributed by atoms with Crippen LogP contribution in [0.4, 0.5) is 0 Å². The molecule has 0 aliphatic carbocycles. The molecule has 0 unspecified atom stereocenters. The topological polar surface area (TPSA) is 114 Å². The Morgan fingerprint density at radius 1 is 1.03 bits per heavy atom. The number of tetrazole rings is 1. The van der Waals surface area contributed by atoms with Crippen LogP contribution in [-0.2, 0) is 6.61 Å². The van der Waals surface area contributed by atoms with Crippen molar-refractivity contribution in [2.24, 2.45) is 0 Å². The Bertz CT molecular complexity index is 1530. The van der Waals surface area contributed by atoms with Gasteiger partial charge in [0, 0.05) is 16.0 Å². The van der Waals surface area contributed by atoms with Crippen LogP contribution in [0.5, 0.6) is 11.5 Å². The molecule has 9 heteroatoms. The molecule has 2 heterocycles. The van der Waals surface area contributed by atoms with Gasteiger partial charge in [-0.2, -0.15) is 5.21 Å². The molecule has 0 saturated heterocycles. The first-order chi connectivity index (χ1) is 17.0. The van der Waals surface area contributed by atoms with Gasteiger partial charge < -0.3 is 9.84 Å². The summed E-state index contributed by atoms with van der Waals surface area (Å²) in [6.07, 6.45) is 3.07. The Morgan fingerprint density at radius 3 is 2.66 bits per heavy atom. The zero-order valence-electron chi connectivity index (χ0n) is 18.2. The van der Waals surface area contributed by atoms with Gasteiger partial charge in [-0.15, -0.1) is 10.2 Å². The fourth-order valence-electron chi connectivity index (χ4n) is 3.46. The number of pyridine rings is 1. The second-order valence-electron chi connectivity index (χ2n) is 7.66. The number of nitrogens with one attached hydrogen (secondary N) is 1. The van der Waals surface area contributed by atoms with Gasteiger partial charge in [-0.3, -0.25) is 4.79 Å². The summed E-state index contributed by atoms with van der Waals surface area (Å²) in [4.78, 5) is 17.2. The maximum Gasteiger partial charge on any atom is 0.204 e. The molecule has 0 fully saturated rings. The number of carbonyl (C=O) groups excluding carboxylic acids is 1. The number of ketones is 1. The third-order valence-corrected chi connectivity index (χ3v) is 5.51. The van der Waals surface area contributed by atoms with Gasteiger partial charge in [0.2, 0.25) is 5.82 Å². The van der Waals surface area contributed by atoms with Crippen molar-refractivity contribution in [3.8, 4) is 22.9 Å². The van der Waals surface area contributed by atoms with Gasteiger partial charge in [-0.05, 0) is 65.4 Å². The van der Waals surface area contributed by atoms with Gasteiger partial charge in [-0.25, -0.2) is 4.98 Å². The zero-order valence-corrected chi connectivity index (χ0v) is 19.0. The lowest BCUT2D eigenvalue weighted by Gasteiger charge is -2.07. The summed E-state index contributed by atoms with van der Waals surface area (Å²) in [5.74, 6) is 0.532. The van der Waals surface area contributed by atoms with E-state index >= 15 is 0 Å². The highest BCUT2D eigenvalue weighted by atomic mass is 35.5. The van der Waals surface area contributed by atoms with Crippen LogP contribution in [0, 0.1) is 0 Å². The molecule has 0 amide bonds. The van der Waals surface area contributed by atoms with Gasteiger partial charge in [0.05, 0.1) is 16.8 Å². The molecule has 35 heavy (non-hydrogen) atoms. The summed E-state index contributed by atoms with van der Waals surface area (Å²) in [5.41, 5.74) is 3.12. The monoisotopic (exact) mass is 483 g/mol. The number of hydrogen-bond donors (Lipinski definition) is 2. The van der Waals surface area contributed by atoms with Crippen LogP contribution in [-0.4, -0.2) is 36.5 Å². The van der Waals surface area contributed by atoms with Crippen molar-refractivity contribution in [1.82, 2.24) is 25.6 Å². The van der Waals surface area contributed by atoms with Crippen LogP contribution >= 0.6 is 11.6 Å². The van der Waals surface area contributed by atoms with E-state index in [0.717, 1.165) is 22.2 Å². The highest BCUT2D eigenvalue weighted by molar-refractivity contribution is 6.31. The number of ether oxygens (including phenoxy) is 1. The molecule has 3 aromatic carbocycles. The fraction of sp³-hybridized carbons (Fsp3) is 0.0385. The summed E-state index contributed by atoms with van der Waals surface area (Å²) < 4.78 is 5.85. The summed E-state index contributed by atoms with van der Waals surface area (Å²) in [7, 11) is 0. The van der Waals surface area contributed by atoms with Crippen LogP contribution in [0.1, 0.15) is 21.6 Å². The minimum Gasteiger partial charge on any atom is -0.507 e. The second kappa shape index (κ2) is 9.74. The van der Waals surface area contributed by atoms with Gasteiger partial charge >= 0.3 is 0 Å². The van der Waals surface area contributed by atoms with Crippen molar-refractivity contribution < 1.29 is 14.6 Å². The van der Waals surface area contributed by atoms with E-state index in [0.29, 0.717) is 28.8 Å². The molecule has 5 rings (SSSR count). The van der Waals surface area contributed by atoms with Crippen molar-refractivity contribution >= 4 is 34.4 Å². The number of phenols is 1. The molecule has 0 bridgehead atoms. The maximum absolute atomic E-state index is 12.7. The average molecular weight is 484 g/mol. The smallest absolute Gasteiger partial charge is 0.204 e. The van der Waals surface area contributed by atoms with Crippen molar-refractivity contribution in [1.29, 1.82) is 0 Å². The number of aromatic hydroxyl groups is 1. The van der Waals surface area contributed by atoms with Crippen LogP contribution in [0.3, 0.4) is 0 Å². The molecule has 0 aliphatic rings. The molecule has 0 atom stereocenters. The number of aromatic nitrogens is 5. The first-order valence-corrected chi connectivity index (χ1v) is 11.0. The molecule has 0 radical (unpaired) electrons. The summed E-state index contributed by atoms with van der Waals surface area (Å²) >= 11 is 6.06. The Balaban J connectivity index is 1.23. The van der Waals surface area contributed by atoms with Gasteiger partial charge in [0.1, 0.15) is 18.1 Å². The van der Waals surface area contributed by atoms with E-state index in [1.165, 1.54) is 18.2 Å². The Labute approximate surface area is 204 Å². The average Bonchev–Trinajstić information content (AvgIpc) is 3.42. The van der Waals surface area contributed by atoms with Gasteiger partial charge in [0.25, 0.3) is 0 Å². The van der Waals surface area contributed by atoms with E-state index in [9.17, 15) is 9.90 Å². The number of phenolic OH excluding ortho intramolecular Hbond substituents is 1. The van der Waals surface area contributed by atoms with Crippen LogP contribution in [0.15, 0.2) is 78.9 Å². The highest BCUT2D eigenvalue weighted by Crippen LogP contribution is 2.25. The number of fused-ring (bicyclic) bond motifs is 1. The van der Waals surface area contributed by atoms with E-state index in [2.05, 4.69) is 25.6 Å². The number of aromatic amines is 1. The molecule has 0 aliphatic heterocycles. The SMILES string of the molecule is O=C(C=Cc1ccc(OCc2ccc3ccc(Cl)cc3n2)cc1)c1cc(-c2nn[nH]n2)ccc1O. The Morgan fingerprint density at radius 2 is 1.86 bits per heavy atom.